The lowest BCUT2D eigenvalue weighted by molar-refractivity contribution is -0.131. The Kier molecular flexibility index (Phi) is 9.37. The summed E-state index contributed by atoms with van der Waals surface area (Å²) in [4.78, 5) is 50.2. The molecule has 1 spiro atoms. The van der Waals surface area contributed by atoms with Gasteiger partial charge in [-0.2, -0.15) is 4.52 Å². The maximum absolute atomic E-state index is 13.4. The van der Waals surface area contributed by atoms with Crippen molar-refractivity contribution in [2.24, 2.45) is 12.5 Å². The number of rotatable bonds is 10. The number of carbonyl (C=O) groups is 2. The van der Waals surface area contributed by atoms with Gasteiger partial charge in [-0.3, -0.25) is 19.2 Å². The van der Waals surface area contributed by atoms with Crippen molar-refractivity contribution in [2.75, 3.05) is 26.7 Å². The molecule has 1 aliphatic carbocycles. The fourth-order valence-electron chi connectivity index (χ4n) is 8.32. The van der Waals surface area contributed by atoms with Crippen LogP contribution in [0.3, 0.4) is 0 Å². The summed E-state index contributed by atoms with van der Waals surface area (Å²) in [6.45, 7) is 2.56. The molecule has 2 saturated heterocycles. The first-order valence-corrected chi connectivity index (χ1v) is 18.6. The Hall–Kier alpha value is -4.95. The van der Waals surface area contributed by atoms with Gasteiger partial charge in [-0.25, -0.2) is 14.8 Å². The Morgan fingerprint density at radius 2 is 1.69 bits per heavy atom. The quantitative estimate of drug-likeness (QED) is 0.168. The monoisotopic (exact) mass is 771 g/mol. The number of aryl methyl sites for hydroxylation is 1. The van der Waals surface area contributed by atoms with Crippen molar-refractivity contribution in [1.82, 2.24) is 34.3 Å². The van der Waals surface area contributed by atoms with Gasteiger partial charge >= 0.3 is 6.09 Å². The van der Waals surface area contributed by atoms with Gasteiger partial charge in [0.2, 0.25) is 11.8 Å². The number of fused-ring (bicyclic) bond motifs is 1. The summed E-state index contributed by atoms with van der Waals surface area (Å²) in [6.07, 6.45) is 1.34. The topological polar surface area (TPSA) is 155 Å². The maximum Gasteiger partial charge on any atom is 0.407 e. The van der Waals surface area contributed by atoms with E-state index >= 15 is 0 Å². The fourth-order valence-corrected chi connectivity index (χ4v) is 8.97. The number of halogens is 2. The lowest BCUT2D eigenvalue weighted by atomic mass is 9.62. The number of nitrogens with one attached hydrogen (secondary N) is 1. The van der Waals surface area contributed by atoms with Gasteiger partial charge in [-0.1, -0.05) is 59.6 Å². The van der Waals surface area contributed by atoms with Gasteiger partial charge in [0, 0.05) is 91.1 Å². The zero-order valence-corrected chi connectivity index (χ0v) is 31.3. The number of benzene rings is 2. The number of pyridine rings is 1. The molecule has 3 N–H and O–H groups in total. The number of methoxy groups -OCH3 is 1. The Morgan fingerprint density at radius 3 is 2.33 bits per heavy atom. The zero-order valence-electron chi connectivity index (χ0n) is 29.8. The van der Waals surface area contributed by atoms with E-state index in [0.29, 0.717) is 80.0 Å². The molecule has 2 amide bonds. The Morgan fingerprint density at radius 1 is 1.00 bits per heavy atom. The van der Waals surface area contributed by atoms with Crippen LogP contribution in [0.1, 0.15) is 36.9 Å². The molecule has 0 radical (unpaired) electrons. The summed E-state index contributed by atoms with van der Waals surface area (Å²) in [5, 5.41) is 23.3. The normalized spacial score (nSPS) is 18.1. The predicted molar refractivity (Wildman–Crippen MR) is 204 cm³/mol. The lowest BCUT2D eigenvalue weighted by Gasteiger charge is -2.57. The average molecular weight is 773 g/mol. The third-order valence-electron chi connectivity index (χ3n) is 10.9. The van der Waals surface area contributed by atoms with Crippen molar-refractivity contribution in [3.8, 4) is 39.5 Å². The minimum absolute atomic E-state index is 0.0241. The van der Waals surface area contributed by atoms with Crippen molar-refractivity contribution in [1.29, 1.82) is 0 Å². The number of nitrogens with zero attached hydrogens (tertiary/aromatic N) is 6. The second kappa shape index (κ2) is 14.0. The molecular weight excluding hydrogens is 733 g/mol. The SMILES string of the molecule is COc1nc(-c2cccc(-c3cccc(-c4cc5nc(CN6CC7(CC(O)C7)C6)cc(=O)n5n4C)c3Cl)c2Cl)ccc1CN(CC1CCC(=O)N1)C(=O)O. The first kappa shape index (κ1) is 36.0. The fraction of sp³-hybridized carbons (Fsp3) is 0.359. The lowest BCUT2D eigenvalue weighted by Crippen LogP contribution is -2.63. The van der Waals surface area contributed by atoms with Gasteiger partial charge in [0.1, 0.15) is 0 Å². The molecule has 54 heavy (non-hydrogen) atoms. The molecular formula is C39H39Cl2N7O6. The van der Waals surface area contributed by atoms with Gasteiger partial charge in [-0.05, 0) is 31.4 Å². The number of ether oxygens (including phenoxy) is 1. The van der Waals surface area contributed by atoms with Crippen LogP contribution in [-0.2, 0) is 24.9 Å². The first-order chi connectivity index (χ1) is 25.9. The number of amides is 2. The van der Waals surface area contributed by atoms with Gasteiger partial charge in [0.15, 0.2) is 5.65 Å². The Labute approximate surface area is 320 Å². The van der Waals surface area contributed by atoms with E-state index in [9.17, 15) is 24.6 Å². The van der Waals surface area contributed by atoms with E-state index in [0.717, 1.165) is 25.9 Å². The van der Waals surface area contributed by atoms with E-state index in [-0.39, 0.29) is 48.0 Å². The highest BCUT2D eigenvalue weighted by molar-refractivity contribution is 6.39. The van der Waals surface area contributed by atoms with Crippen LogP contribution in [-0.4, -0.2) is 90.1 Å². The van der Waals surface area contributed by atoms with E-state index in [2.05, 4.69) is 10.2 Å². The predicted octanol–water partition coefficient (Wildman–Crippen LogP) is 5.46. The van der Waals surface area contributed by atoms with Crippen LogP contribution in [0, 0.1) is 5.41 Å². The highest BCUT2D eigenvalue weighted by Gasteiger charge is 2.51. The molecule has 8 rings (SSSR count). The third kappa shape index (κ3) is 6.59. The van der Waals surface area contributed by atoms with Gasteiger partial charge < -0.3 is 25.2 Å². The first-order valence-electron chi connectivity index (χ1n) is 17.8. The number of aromatic nitrogens is 4. The second-order valence-corrected chi connectivity index (χ2v) is 15.4. The van der Waals surface area contributed by atoms with E-state index in [1.807, 2.05) is 42.5 Å². The van der Waals surface area contributed by atoms with Gasteiger partial charge in [0.05, 0.1) is 46.9 Å². The summed E-state index contributed by atoms with van der Waals surface area (Å²) in [6, 6.07) is 18.0. The van der Waals surface area contributed by atoms with Crippen LogP contribution in [0.5, 0.6) is 5.88 Å². The largest absolute Gasteiger partial charge is 0.481 e. The van der Waals surface area contributed by atoms with Crippen LogP contribution >= 0.6 is 23.2 Å². The van der Waals surface area contributed by atoms with Crippen LogP contribution in [0.2, 0.25) is 10.0 Å². The molecule has 13 nitrogen and oxygen atoms in total. The molecule has 3 aliphatic rings. The number of likely N-dealkylation sites (tertiary alicyclic amines) is 1. The molecule has 2 aliphatic heterocycles. The number of aliphatic hydroxyl groups excluding tert-OH is 1. The summed E-state index contributed by atoms with van der Waals surface area (Å²) < 4.78 is 8.88. The van der Waals surface area contributed by atoms with Gasteiger partial charge in [-0.15, -0.1) is 0 Å². The smallest absolute Gasteiger partial charge is 0.407 e. The summed E-state index contributed by atoms with van der Waals surface area (Å²) in [5.41, 5.74) is 5.72. The van der Waals surface area contributed by atoms with Crippen molar-refractivity contribution < 1.29 is 24.5 Å². The molecule has 0 bridgehead atoms. The van der Waals surface area contributed by atoms with Crippen molar-refractivity contribution in [2.45, 2.75) is 50.9 Å². The highest BCUT2D eigenvalue weighted by atomic mass is 35.5. The van der Waals surface area contributed by atoms with Crippen molar-refractivity contribution in [3.05, 3.63) is 92.3 Å². The Bertz CT molecular complexity index is 2360. The number of hydrogen-bond donors (Lipinski definition) is 3. The molecule has 3 fully saturated rings. The van der Waals surface area contributed by atoms with Crippen molar-refractivity contribution in [3.63, 3.8) is 0 Å². The molecule has 2 aromatic carbocycles. The number of aliphatic hydroxyl groups is 1. The summed E-state index contributed by atoms with van der Waals surface area (Å²) >= 11 is 14.3. The van der Waals surface area contributed by atoms with Crippen LogP contribution in [0.15, 0.2) is 65.5 Å². The maximum atomic E-state index is 13.4. The molecule has 1 saturated carbocycles. The van der Waals surface area contributed by atoms with Crippen LogP contribution < -0.4 is 15.6 Å². The van der Waals surface area contributed by atoms with E-state index in [4.69, 9.17) is 37.9 Å². The standard InChI is InChI=1S/C39H39Cl2N7O6/c1-45-31(14-32-42-24(13-34(51)48(32)45)18-46-20-39(21-46)15-25(49)16-39)29-8-4-6-27(36(29)41)26-5-3-7-28(35(26)40)30-11-9-22(37(44-30)54-2)17-47(38(52)53)19-23-10-12-33(50)43-23/h3-9,11,13-14,23,25,49H,10,12,15-21H2,1-2H3,(H,43,50)(H,52,53). The second-order valence-electron chi connectivity index (χ2n) is 14.7. The number of carboxylic acid groups (broad SMARTS) is 1. The summed E-state index contributed by atoms with van der Waals surface area (Å²) in [7, 11) is 3.27. The van der Waals surface area contributed by atoms with Crippen molar-refractivity contribution >= 4 is 40.8 Å². The number of hydrogen-bond acceptors (Lipinski definition) is 8. The molecule has 1 unspecified atom stereocenters. The molecule has 5 aromatic rings. The minimum atomic E-state index is -1.11. The molecule has 15 heteroatoms. The Balaban J connectivity index is 1.06. The summed E-state index contributed by atoms with van der Waals surface area (Å²) in [5.74, 6) is 0.172. The van der Waals surface area contributed by atoms with Crippen LogP contribution in [0.25, 0.3) is 39.3 Å². The number of carbonyl (C=O) groups excluding carboxylic acids is 1. The molecule has 3 aromatic heterocycles. The highest BCUT2D eigenvalue weighted by Crippen LogP contribution is 2.48. The van der Waals surface area contributed by atoms with Crippen LogP contribution in [0.4, 0.5) is 4.79 Å². The molecule has 280 valence electrons. The third-order valence-corrected chi connectivity index (χ3v) is 11.7. The molecule has 5 heterocycles. The molecule has 1 atom stereocenters. The minimum Gasteiger partial charge on any atom is -0.481 e. The average Bonchev–Trinajstić information content (AvgIpc) is 3.68. The van der Waals surface area contributed by atoms with E-state index in [1.54, 1.807) is 29.9 Å². The van der Waals surface area contributed by atoms with E-state index in [1.165, 1.54) is 16.5 Å². The van der Waals surface area contributed by atoms with E-state index < -0.39 is 6.09 Å². The zero-order chi connectivity index (χ0) is 37.9. The van der Waals surface area contributed by atoms with Gasteiger partial charge in [0.25, 0.3) is 5.56 Å².